The van der Waals surface area contributed by atoms with Crippen molar-refractivity contribution in [1.82, 2.24) is 0 Å². The highest BCUT2D eigenvalue weighted by Crippen LogP contribution is 2.32. The average Bonchev–Trinajstić information content (AvgIpc) is 2.70. The Bertz CT molecular complexity index is 692. The lowest BCUT2D eigenvalue weighted by atomic mass is 9.97. The number of aliphatic imine (C=N–C) groups is 1. The Kier molecular flexibility index (Phi) is 5.12. The number of rotatable bonds is 4. The summed E-state index contributed by atoms with van der Waals surface area (Å²) in [5.74, 6) is 0.696. The smallest absolute Gasteiger partial charge is 0.219 e. The molecule has 130 valence electrons. The molecule has 4 rings (SSSR count). The van der Waals surface area contributed by atoms with Gasteiger partial charge in [0.05, 0.1) is 12.1 Å². The van der Waals surface area contributed by atoms with Gasteiger partial charge in [0.2, 0.25) is 12.2 Å². The van der Waals surface area contributed by atoms with Crippen molar-refractivity contribution in [1.29, 1.82) is 0 Å². The maximum atomic E-state index is 6.33. The second kappa shape index (κ2) is 7.83. The maximum absolute atomic E-state index is 6.33. The molecule has 0 saturated heterocycles. The van der Waals surface area contributed by atoms with Crippen molar-refractivity contribution < 1.29 is 9.47 Å². The molecule has 0 unspecified atom stereocenters. The lowest BCUT2D eigenvalue weighted by molar-refractivity contribution is -0.145. The summed E-state index contributed by atoms with van der Waals surface area (Å²) in [6, 6.07) is 20.7. The SMILES string of the molecule is c1ccc(C2=N[C@@H](c3ccccc3)C[C@@H](OC3CCCCC3)O2)cc1. The van der Waals surface area contributed by atoms with Gasteiger partial charge >= 0.3 is 0 Å². The van der Waals surface area contributed by atoms with Gasteiger partial charge in [-0.2, -0.15) is 0 Å². The van der Waals surface area contributed by atoms with Crippen LogP contribution in [0.1, 0.15) is 55.7 Å². The van der Waals surface area contributed by atoms with Crippen LogP contribution in [0.4, 0.5) is 0 Å². The van der Waals surface area contributed by atoms with Gasteiger partial charge in [-0.25, -0.2) is 4.99 Å². The van der Waals surface area contributed by atoms with Crippen LogP contribution in [0.5, 0.6) is 0 Å². The fraction of sp³-hybridized carbons (Fsp3) is 0.409. The zero-order valence-corrected chi connectivity index (χ0v) is 14.5. The zero-order chi connectivity index (χ0) is 16.9. The molecule has 1 aliphatic carbocycles. The van der Waals surface area contributed by atoms with Crippen LogP contribution in [-0.4, -0.2) is 18.3 Å². The summed E-state index contributed by atoms with van der Waals surface area (Å²) in [6.07, 6.45) is 7.02. The molecule has 0 N–H and O–H groups in total. The van der Waals surface area contributed by atoms with Gasteiger partial charge in [-0.15, -0.1) is 0 Å². The van der Waals surface area contributed by atoms with Crippen LogP contribution in [0.3, 0.4) is 0 Å². The Morgan fingerprint density at radius 1 is 0.840 bits per heavy atom. The van der Waals surface area contributed by atoms with Crippen LogP contribution in [0.2, 0.25) is 0 Å². The molecule has 1 heterocycles. The van der Waals surface area contributed by atoms with Crippen molar-refractivity contribution in [2.75, 3.05) is 0 Å². The highest BCUT2D eigenvalue weighted by molar-refractivity contribution is 5.94. The number of benzene rings is 2. The summed E-state index contributed by atoms with van der Waals surface area (Å²) in [7, 11) is 0. The van der Waals surface area contributed by atoms with Crippen molar-refractivity contribution in [2.45, 2.75) is 57.0 Å². The first-order chi connectivity index (χ1) is 12.4. The van der Waals surface area contributed by atoms with Crippen molar-refractivity contribution in [2.24, 2.45) is 4.99 Å². The summed E-state index contributed by atoms with van der Waals surface area (Å²) in [5.41, 5.74) is 2.23. The largest absolute Gasteiger partial charge is 0.448 e. The topological polar surface area (TPSA) is 30.8 Å². The van der Waals surface area contributed by atoms with Gasteiger partial charge in [0.25, 0.3) is 0 Å². The number of hydrogen-bond acceptors (Lipinski definition) is 3. The van der Waals surface area contributed by atoms with E-state index in [1.165, 1.54) is 24.8 Å². The molecule has 2 aromatic carbocycles. The predicted molar refractivity (Wildman–Crippen MR) is 99.6 cm³/mol. The fourth-order valence-electron chi connectivity index (χ4n) is 3.69. The molecule has 1 aliphatic heterocycles. The van der Waals surface area contributed by atoms with Gasteiger partial charge in [0.15, 0.2) is 0 Å². The highest BCUT2D eigenvalue weighted by atomic mass is 16.7. The van der Waals surface area contributed by atoms with Gasteiger partial charge in [0, 0.05) is 12.0 Å². The Hall–Kier alpha value is -2.13. The third-order valence-electron chi connectivity index (χ3n) is 5.03. The molecular formula is C22H25NO2. The first kappa shape index (κ1) is 16.3. The zero-order valence-electron chi connectivity index (χ0n) is 14.5. The van der Waals surface area contributed by atoms with Crippen molar-refractivity contribution in [3.63, 3.8) is 0 Å². The molecule has 3 nitrogen and oxygen atoms in total. The van der Waals surface area contributed by atoms with Gasteiger partial charge in [-0.1, -0.05) is 67.8 Å². The first-order valence-electron chi connectivity index (χ1n) is 9.39. The Morgan fingerprint density at radius 3 is 2.24 bits per heavy atom. The minimum absolute atomic E-state index is 0.0822. The van der Waals surface area contributed by atoms with Gasteiger partial charge in [-0.3, -0.25) is 0 Å². The van der Waals surface area contributed by atoms with E-state index in [-0.39, 0.29) is 12.3 Å². The van der Waals surface area contributed by atoms with Crippen LogP contribution in [0, 0.1) is 0 Å². The van der Waals surface area contributed by atoms with Gasteiger partial charge in [0.1, 0.15) is 0 Å². The van der Waals surface area contributed by atoms with E-state index in [2.05, 4.69) is 24.3 Å². The molecule has 0 bridgehead atoms. The van der Waals surface area contributed by atoms with Crippen LogP contribution in [0.25, 0.3) is 0 Å². The molecule has 0 spiro atoms. The van der Waals surface area contributed by atoms with E-state index < -0.39 is 0 Å². The van der Waals surface area contributed by atoms with Gasteiger partial charge < -0.3 is 9.47 Å². The molecular weight excluding hydrogens is 310 g/mol. The molecule has 2 atom stereocenters. The van der Waals surface area contributed by atoms with E-state index in [4.69, 9.17) is 14.5 Å². The Balaban J connectivity index is 1.57. The lowest BCUT2D eigenvalue weighted by Gasteiger charge is -2.33. The van der Waals surface area contributed by atoms with Crippen LogP contribution < -0.4 is 0 Å². The van der Waals surface area contributed by atoms with E-state index in [0.717, 1.165) is 24.8 Å². The summed E-state index contributed by atoms with van der Waals surface area (Å²) in [6.45, 7) is 0. The van der Waals surface area contributed by atoms with Gasteiger partial charge in [-0.05, 0) is 30.5 Å². The molecule has 1 saturated carbocycles. The monoisotopic (exact) mass is 335 g/mol. The summed E-state index contributed by atoms with van der Waals surface area (Å²) < 4.78 is 12.5. The quantitative estimate of drug-likeness (QED) is 0.762. The number of nitrogens with zero attached hydrogens (tertiary/aromatic N) is 1. The number of hydrogen-bond donors (Lipinski definition) is 0. The Morgan fingerprint density at radius 2 is 1.52 bits per heavy atom. The molecule has 0 amide bonds. The third kappa shape index (κ3) is 4.10. The highest BCUT2D eigenvalue weighted by Gasteiger charge is 2.30. The second-order valence-corrected chi connectivity index (χ2v) is 6.91. The third-order valence-corrected chi connectivity index (χ3v) is 5.03. The maximum Gasteiger partial charge on any atom is 0.219 e. The van der Waals surface area contributed by atoms with E-state index in [0.29, 0.717) is 12.0 Å². The van der Waals surface area contributed by atoms with Crippen molar-refractivity contribution in [3.05, 3.63) is 71.8 Å². The molecule has 0 radical (unpaired) electrons. The Labute approximate surface area is 149 Å². The van der Waals surface area contributed by atoms with Crippen molar-refractivity contribution >= 4 is 5.90 Å². The van der Waals surface area contributed by atoms with E-state index >= 15 is 0 Å². The summed E-state index contributed by atoms with van der Waals surface area (Å²) in [4.78, 5) is 4.88. The van der Waals surface area contributed by atoms with Crippen LogP contribution in [0.15, 0.2) is 65.7 Å². The molecule has 0 aromatic heterocycles. The van der Waals surface area contributed by atoms with Crippen LogP contribution >= 0.6 is 0 Å². The molecule has 3 heteroatoms. The van der Waals surface area contributed by atoms with Crippen molar-refractivity contribution in [3.8, 4) is 0 Å². The fourth-order valence-corrected chi connectivity index (χ4v) is 3.69. The molecule has 1 fully saturated rings. The minimum Gasteiger partial charge on any atom is -0.448 e. The van der Waals surface area contributed by atoms with E-state index in [1.54, 1.807) is 0 Å². The lowest BCUT2D eigenvalue weighted by Crippen LogP contribution is -2.33. The summed E-state index contributed by atoms with van der Waals surface area (Å²) >= 11 is 0. The standard InChI is InChI=1S/C22H25NO2/c1-4-10-17(11-5-1)20-16-21(24-19-14-8-3-9-15-19)25-22(23-20)18-12-6-2-7-13-18/h1-2,4-7,10-13,19-21H,3,8-9,14-16H2/t20-,21+/m1/s1. The molecule has 2 aromatic rings. The molecule has 2 aliphatic rings. The molecule has 25 heavy (non-hydrogen) atoms. The predicted octanol–water partition coefficient (Wildman–Crippen LogP) is 5.27. The van der Waals surface area contributed by atoms with E-state index in [1.807, 2.05) is 36.4 Å². The first-order valence-corrected chi connectivity index (χ1v) is 9.39. The average molecular weight is 335 g/mol. The normalized spacial score (nSPS) is 24.4. The second-order valence-electron chi connectivity index (χ2n) is 6.91. The number of ether oxygens (including phenoxy) is 2. The van der Waals surface area contributed by atoms with E-state index in [9.17, 15) is 0 Å². The summed E-state index contributed by atoms with van der Waals surface area (Å²) in [5, 5.41) is 0. The minimum atomic E-state index is -0.221. The van der Waals surface area contributed by atoms with Crippen LogP contribution in [-0.2, 0) is 9.47 Å².